The van der Waals surface area contributed by atoms with E-state index in [9.17, 15) is 14.7 Å². The van der Waals surface area contributed by atoms with Crippen LogP contribution in [0.1, 0.15) is 44.1 Å². The highest BCUT2D eigenvalue weighted by atomic mass is 32.1. The minimum absolute atomic E-state index is 0.108. The predicted octanol–water partition coefficient (Wildman–Crippen LogP) is 4.26. The summed E-state index contributed by atoms with van der Waals surface area (Å²) >= 11 is 6.22. The topological polar surface area (TPSA) is 138 Å². The van der Waals surface area contributed by atoms with Crippen LogP contribution >= 0.6 is 24.0 Å². The summed E-state index contributed by atoms with van der Waals surface area (Å²) in [6.45, 7) is 5.51. The number of thiophene rings is 1. The number of aliphatic hydroxyl groups excluding tert-OH is 1. The van der Waals surface area contributed by atoms with Crippen LogP contribution in [0.25, 0.3) is 10.2 Å². The summed E-state index contributed by atoms with van der Waals surface area (Å²) in [6, 6.07) is 5.05. The Morgan fingerprint density at radius 2 is 2.08 bits per heavy atom. The summed E-state index contributed by atoms with van der Waals surface area (Å²) in [5.74, 6) is 0.688. The van der Waals surface area contributed by atoms with E-state index in [0.29, 0.717) is 6.54 Å². The van der Waals surface area contributed by atoms with Crippen molar-refractivity contribution in [3.05, 3.63) is 35.0 Å². The van der Waals surface area contributed by atoms with Crippen LogP contribution in [0.4, 0.5) is 22.0 Å². The number of hydrogen-bond donors (Lipinski definition) is 6. The van der Waals surface area contributed by atoms with Crippen LogP contribution in [0.2, 0.25) is 0 Å². The van der Waals surface area contributed by atoms with Gasteiger partial charge in [-0.1, -0.05) is 0 Å². The van der Waals surface area contributed by atoms with Crippen molar-refractivity contribution in [2.24, 2.45) is 5.92 Å². The maximum Gasteiger partial charge on any atom is 0.408 e. The second-order valence-electron chi connectivity index (χ2n) is 10.6. The molecule has 4 rings (SSSR count). The molecule has 5 N–H and O–H groups in total. The van der Waals surface area contributed by atoms with Gasteiger partial charge in [0.1, 0.15) is 28.6 Å². The van der Waals surface area contributed by atoms with Crippen molar-refractivity contribution >= 4 is 63.4 Å². The number of fused-ring (bicyclic) bond motifs is 3. The van der Waals surface area contributed by atoms with Gasteiger partial charge in [0.2, 0.25) is 5.91 Å². The molecule has 2 atom stereocenters. The van der Waals surface area contributed by atoms with E-state index in [2.05, 4.69) is 43.9 Å². The Kier molecular flexibility index (Phi) is 9.19. The Morgan fingerprint density at radius 1 is 1.28 bits per heavy atom. The molecular formula is C27H36N6O4S2. The van der Waals surface area contributed by atoms with Crippen molar-refractivity contribution in [2.75, 3.05) is 30.8 Å². The van der Waals surface area contributed by atoms with Gasteiger partial charge in [0, 0.05) is 41.3 Å². The zero-order chi connectivity index (χ0) is 28.2. The summed E-state index contributed by atoms with van der Waals surface area (Å²) in [5, 5.41) is 22.5. The minimum atomic E-state index is -0.864. The Hall–Kier alpha value is -3.09. The first-order valence-electron chi connectivity index (χ1n) is 13.0. The molecule has 0 saturated carbocycles. The molecule has 2 amide bonds. The molecule has 39 heavy (non-hydrogen) atoms. The average Bonchev–Trinajstić information content (AvgIpc) is 3.25. The maximum absolute atomic E-state index is 12.8. The van der Waals surface area contributed by atoms with Gasteiger partial charge in [0.15, 0.2) is 0 Å². The van der Waals surface area contributed by atoms with Crippen LogP contribution in [0.5, 0.6) is 0 Å². The van der Waals surface area contributed by atoms with Gasteiger partial charge in [0.05, 0.1) is 5.39 Å². The lowest BCUT2D eigenvalue weighted by Gasteiger charge is -2.25. The van der Waals surface area contributed by atoms with Crippen molar-refractivity contribution < 1.29 is 19.4 Å². The second-order valence-corrected chi connectivity index (χ2v) is 12.1. The number of hydrogen-bond acceptors (Lipinski definition) is 10. The highest BCUT2D eigenvalue weighted by Crippen LogP contribution is 2.40. The number of aromatic nitrogens is 2. The van der Waals surface area contributed by atoms with Gasteiger partial charge in [0.25, 0.3) is 0 Å². The van der Waals surface area contributed by atoms with Crippen LogP contribution in [-0.2, 0) is 22.4 Å². The number of ether oxygens (including phenoxy) is 1. The molecule has 0 radical (unpaired) electrons. The molecule has 0 aliphatic heterocycles. The van der Waals surface area contributed by atoms with Crippen LogP contribution in [0.15, 0.2) is 29.4 Å². The smallest absolute Gasteiger partial charge is 0.408 e. The zero-order valence-corrected chi connectivity index (χ0v) is 24.3. The van der Waals surface area contributed by atoms with Crippen molar-refractivity contribution in [1.29, 1.82) is 0 Å². The molecule has 1 aromatic carbocycles. The number of amides is 2. The van der Waals surface area contributed by atoms with E-state index >= 15 is 0 Å². The largest absolute Gasteiger partial charge is 0.444 e. The molecular weight excluding hydrogens is 536 g/mol. The van der Waals surface area contributed by atoms with E-state index in [1.807, 2.05) is 25.2 Å². The van der Waals surface area contributed by atoms with E-state index in [1.54, 1.807) is 38.4 Å². The first kappa shape index (κ1) is 28.9. The van der Waals surface area contributed by atoms with Crippen molar-refractivity contribution in [3.8, 4) is 0 Å². The molecule has 2 aromatic heterocycles. The number of carbonyl (C=O) groups excluding carboxylic acids is 2. The molecule has 2 heterocycles. The summed E-state index contributed by atoms with van der Waals surface area (Å²) in [7, 11) is 1.86. The number of aliphatic hydroxyl groups is 1. The normalized spacial score (nSPS) is 15.8. The van der Waals surface area contributed by atoms with Crippen LogP contribution in [0.3, 0.4) is 0 Å². The number of benzene rings is 1. The van der Waals surface area contributed by atoms with Gasteiger partial charge >= 0.3 is 6.09 Å². The van der Waals surface area contributed by atoms with Crippen LogP contribution in [0, 0.1) is 5.92 Å². The monoisotopic (exact) mass is 572 g/mol. The molecule has 0 saturated heterocycles. The lowest BCUT2D eigenvalue weighted by Crippen LogP contribution is -2.49. The fourth-order valence-electron chi connectivity index (χ4n) is 4.62. The third-order valence-electron chi connectivity index (χ3n) is 6.47. The van der Waals surface area contributed by atoms with Crippen LogP contribution in [-0.4, -0.2) is 58.9 Å². The zero-order valence-electron chi connectivity index (χ0n) is 22.6. The van der Waals surface area contributed by atoms with Gasteiger partial charge in [-0.15, -0.1) is 24.0 Å². The number of alkyl carbamates (subject to hydrolysis) is 1. The lowest BCUT2D eigenvalue weighted by atomic mass is 9.87. The number of rotatable bonds is 9. The van der Waals surface area contributed by atoms with E-state index in [0.717, 1.165) is 51.6 Å². The number of anilines is 3. The number of aryl methyl sites for hydroxylation is 1. The SMILES string of the molecule is CNc1ccc(Nc2ncnc3sc4c(c23)CCC(CNC(=O)C(CCO)NC(=O)OC(C)(C)C)C4)cc1S. The lowest BCUT2D eigenvalue weighted by molar-refractivity contribution is -0.123. The van der Waals surface area contributed by atoms with Crippen molar-refractivity contribution in [1.82, 2.24) is 20.6 Å². The van der Waals surface area contributed by atoms with E-state index in [-0.39, 0.29) is 24.9 Å². The molecule has 3 aromatic rings. The highest BCUT2D eigenvalue weighted by Gasteiger charge is 2.28. The summed E-state index contributed by atoms with van der Waals surface area (Å²) in [4.78, 5) is 37.1. The molecule has 12 heteroatoms. The summed E-state index contributed by atoms with van der Waals surface area (Å²) in [5.41, 5.74) is 2.42. The number of thiol groups is 1. The molecule has 1 aliphatic carbocycles. The molecule has 210 valence electrons. The first-order valence-corrected chi connectivity index (χ1v) is 14.3. The summed E-state index contributed by atoms with van der Waals surface area (Å²) in [6.07, 6.45) is 3.57. The van der Waals surface area contributed by atoms with Gasteiger partial charge in [-0.05, 0) is 76.1 Å². The third kappa shape index (κ3) is 7.31. The van der Waals surface area contributed by atoms with E-state index in [4.69, 9.17) is 4.74 Å². The molecule has 0 bridgehead atoms. The van der Waals surface area contributed by atoms with Crippen molar-refractivity contribution in [2.45, 2.75) is 63.0 Å². The molecule has 0 fully saturated rings. The standard InChI is InChI=1S/C27H36N6O4S2/c1-27(2,3)37-26(36)33-19(9-10-34)24(35)29-13-15-5-7-17-21(11-15)39-25-22(17)23(30-14-31-25)32-16-6-8-18(28-4)20(38)12-16/h6,8,12,14-15,19,28,34,38H,5,7,9-11,13H2,1-4H3,(H,29,35)(H,33,36)(H,30,31,32). The van der Waals surface area contributed by atoms with Gasteiger partial charge in [-0.25, -0.2) is 14.8 Å². The average molecular weight is 573 g/mol. The minimum Gasteiger partial charge on any atom is -0.444 e. The third-order valence-corrected chi connectivity index (χ3v) is 8.00. The number of nitrogens with one attached hydrogen (secondary N) is 4. The van der Waals surface area contributed by atoms with Crippen LogP contribution < -0.4 is 21.3 Å². The van der Waals surface area contributed by atoms with Crippen molar-refractivity contribution in [3.63, 3.8) is 0 Å². The second kappa shape index (κ2) is 12.4. The first-order chi connectivity index (χ1) is 18.6. The van der Waals surface area contributed by atoms with E-state index < -0.39 is 17.7 Å². The fraction of sp³-hybridized carbons (Fsp3) is 0.481. The molecule has 10 nitrogen and oxygen atoms in total. The Morgan fingerprint density at radius 3 is 2.77 bits per heavy atom. The van der Waals surface area contributed by atoms with Gasteiger partial charge in [-0.3, -0.25) is 4.79 Å². The molecule has 1 aliphatic rings. The van der Waals surface area contributed by atoms with Gasteiger partial charge in [-0.2, -0.15) is 0 Å². The Bertz CT molecular complexity index is 1340. The Balaban J connectivity index is 1.41. The number of carbonyl (C=O) groups is 2. The van der Waals surface area contributed by atoms with Gasteiger partial charge < -0.3 is 31.1 Å². The van der Waals surface area contributed by atoms with E-state index in [1.165, 1.54) is 10.4 Å². The summed E-state index contributed by atoms with van der Waals surface area (Å²) < 4.78 is 5.26. The highest BCUT2D eigenvalue weighted by molar-refractivity contribution is 7.80. The quantitative estimate of drug-likeness (QED) is 0.209. The molecule has 0 spiro atoms. The predicted molar refractivity (Wildman–Crippen MR) is 157 cm³/mol. The Labute approximate surface area is 237 Å². The molecule has 2 unspecified atom stereocenters. The fourth-order valence-corrected chi connectivity index (χ4v) is 6.25. The maximum atomic E-state index is 12.8. The number of nitrogens with zero attached hydrogens (tertiary/aromatic N) is 2.